The molecule has 1 aromatic heterocycles. The van der Waals surface area contributed by atoms with Crippen molar-refractivity contribution >= 4 is 28.8 Å². The Morgan fingerprint density at radius 2 is 1.89 bits per heavy atom. The van der Waals surface area contributed by atoms with Gasteiger partial charge in [-0.3, -0.25) is 19.7 Å². The van der Waals surface area contributed by atoms with Crippen LogP contribution in [0.25, 0.3) is 11.0 Å². The van der Waals surface area contributed by atoms with Gasteiger partial charge in [-0.05, 0) is 44.2 Å². The largest absolute Gasteiger partial charge is 0.342 e. The van der Waals surface area contributed by atoms with Crippen LogP contribution in [0.15, 0.2) is 42.5 Å². The van der Waals surface area contributed by atoms with Crippen LogP contribution in [0.5, 0.6) is 0 Å². The standard InChI is InChI=1S/C20H18N4O3/c1-3-24-16-7-5-4-6-15(16)22-17(24)11(2)21-18(25)12-8-9-13-14(10-12)20(27)23-19(13)26/h4-11H,3H2,1-2H3,(H,21,25)(H,23,26,27)/t11-/m0/s1. The predicted octanol–water partition coefficient (Wildman–Crippen LogP) is 2.43. The lowest BCUT2D eigenvalue weighted by atomic mass is 10.0. The molecule has 1 aliphatic heterocycles. The molecular weight excluding hydrogens is 344 g/mol. The van der Waals surface area contributed by atoms with Crippen molar-refractivity contribution in [1.29, 1.82) is 0 Å². The molecule has 0 fully saturated rings. The second-order valence-electron chi connectivity index (χ2n) is 6.44. The number of para-hydroxylation sites is 2. The van der Waals surface area contributed by atoms with Crippen molar-refractivity contribution in [1.82, 2.24) is 20.2 Å². The highest BCUT2D eigenvalue weighted by molar-refractivity contribution is 6.22. The van der Waals surface area contributed by atoms with E-state index in [1.807, 2.05) is 38.1 Å². The van der Waals surface area contributed by atoms with Crippen molar-refractivity contribution in [3.05, 3.63) is 65.0 Å². The number of nitrogens with one attached hydrogen (secondary N) is 2. The summed E-state index contributed by atoms with van der Waals surface area (Å²) < 4.78 is 2.06. The minimum Gasteiger partial charge on any atom is -0.342 e. The Bertz CT molecular complexity index is 1100. The van der Waals surface area contributed by atoms with Crippen LogP contribution in [-0.4, -0.2) is 27.3 Å². The van der Waals surface area contributed by atoms with Crippen molar-refractivity contribution < 1.29 is 14.4 Å². The van der Waals surface area contributed by atoms with Crippen molar-refractivity contribution in [2.45, 2.75) is 26.4 Å². The SMILES string of the molecule is CCn1c([C@H](C)NC(=O)c2ccc3c(c2)C(=O)NC3=O)nc2ccccc21. The van der Waals surface area contributed by atoms with E-state index in [0.29, 0.717) is 5.56 Å². The minimum absolute atomic E-state index is 0.223. The zero-order valence-electron chi connectivity index (χ0n) is 14.9. The highest BCUT2D eigenvalue weighted by Crippen LogP contribution is 2.22. The van der Waals surface area contributed by atoms with E-state index in [1.54, 1.807) is 6.07 Å². The Morgan fingerprint density at radius 3 is 2.67 bits per heavy atom. The quantitative estimate of drug-likeness (QED) is 0.697. The summed E-state index contributed by atoms with van der Waals surface area (Å²) >= 11 is 0. The normalized spacial score (nSPS) is 14.1. The molecule has 7 nitrogen and oxygen atoms in total. The fourth-order valence-corrected chi connectivity index (χ4v) is 3.41. The van der Waals surface area contributed by atoms with Crippen molar-refractivity contribution in [2.75, 3.05) is 0 Å². The van der Waals surface area contributed by atoms with E-state index in [0.717, 1.165) is 23.4 Å². The van der Waals surface area contributed by atoms with E-state index in [1.165, 1.54) is 12.1 Å². The highest BCUT2D eigenvalue weighted by Gasteiger charge is 2.28. The summed E-state index contributed by atoms with van der Waals surface area (Å²) in [5.74, 6) is -0.481. The average molecular weight is 362 g/mol. The molecule has 3 amide bonds. The summed E-state index contributed by atoms with van der Waals surface area (Å²) in [6.07, 6.45) is 0. The first kappa shape index (κ1) is 17.0. The number of aryl methyl sites for hydroxylation is 1. The van der Waals surface area contributed by atoms with E-state index in [2.05, 4.69) is 20.2 Å². The third-order valence-electron chi connectivity index (χ3n) is 4.73. The van der Waals surface area contributed by atoms with Gasteiger partial charge in [0.05, 0.1) is 28.2 Å². The third-order valence-corrected chi connectivity index (χ3v) is 4.73. The predicted molar refractivity (Wildman–Crippen MR) is 99.5 cm³/mol. The molecule has 4 rings (SSSR count). The molecule has 1 atom stereocenters. The van der Waals surface area contributed by atoms with Gasteiger partial charge in [0.15, 0.2) is 0 Å². The minimum atomic E-state index is -0.481. The summed E-state index contributed by atoms with van der Waals surface area (Å²) in [5, 5.41) is 5.15. The zero-order valence-corrected chi connectivity index (χ0v) is 14.9. The Morgan fingerprint density at radius 1 is 1.15 bits per heavy atom. The summed E-state index contributed by atoms with van der Waals surface area (Å²) in [6.45, 7) is 4.63. The smallest absolute Gasteiger partial charge is 0.258 e. The second kappa shape index (κ2) is 6.35. The van der Waals surface area contributed by atoms with Gasteiger partial charge in [0, 0.05) is 12.1 Å². The Hall–Kier alpha value is -3.48. The summed E-state index contributed by atoms with van der Waals surface area (Å²) in [7, 11) is 0. The van der Waals surface area contributed by atoms with E-state index in [-0.39, 0.29) is 23.1 Å². The molecule has 0 unspecified atom stereocenters. The molecule has 1 aliphatic rings. The van der Waals surface area contributed by atoms with E-state index in [9.17, 15) is 14.4 Å². The fourth-order valence-electron chi connectivity index (χ4n) is 3.41. The summed E-state index contributed by atoms with van der Waals surface area (Å²) in [5.41, 5.74) is 2.73. The molecule has 7 heteroatoms. The molecule has 3 aromatic rings. The molecule has 0 spiro atoms. The Balaban J connectivity index is 1.61. The number of carbonyl (C=O) groups is 3. The lowest BCUT2D eigenvalue weighted by molar-refractivity contribution is 0.0878. The highest BCUT2D eigenvalue weighted by atomic mass is 16.2. The molecule has 2 aromatic carbocycles. The van der Waals surface area contributed by atoms with Crippen LogP contribution in [0.2, 0.25) is 0 Å². The van der Waals surface area contributed by atoms with Crippen LogP contribution in [0.1, 0.15) is 56.8 Å². The van der Waals surface area contributed by atoms with Crippen molar-refractivity contribution in [3.8, 4) is 0 Å². The number of hydrogen-bond donors (Lipinski definition) is 2. The first-order valence-corrected chi connectivity index (χ1v) is 8.75. The molecule has 0 radical (unpaired) electrons. The Labute approximate surface area is 155 Å². The fraction of sp³-hybridized carbons (Fsp3) is 0.200. The van der Waals surface area contributed by atoms with E-state index < -0.39 is 11.8 Å². The molecule has 27 heavy (non-hydrogen) atoms. The Kier molecular flexibility index (Phi) is 3.99. The second-order valence-corrected chi connectivity index (χ2v) is 6.44. The van der Waals surface area contributed by atoms with Crippen LogP contribution in [0.4, 0.5) is 0 Å². The van der Waals surface area contributed by atoms with Gasteiger partial charge in [-0.25, -0.2) is 4.98 Å². The third kappa shape index (κ3) is 2.77. The number of nitrogens with zero attached hydrogens (tertiary/aromatic N) is 2. The number of amides is 3. The molecule has 136 valence electrons. The first-order chi connectivity index (χ1) is 13.0. The molecule has 0 saturated heterocycles. The maximum atomic E-state index is 12.7. The maximum absolute atomic E-state index is 12.7. The number of fused-ring (bicyclic) bond motifs is 2. The monoisotopic (exact) mass is 362 g/mol. The molecular formula is C20H18N4O3. The van der Waals surface area contributed by atoms with Crippen LogP contribution in [-0.2, 0) is 6.54 Å². The molecule has 2 N–H and O–H groups in total. The topological polar surface area (TPSA) is 93.1 Å². The van der Waals surface area contributed by atoms with Crippen molar-refractivity contribution in [2.24, 2.45) is 0 Å². The van der Waals surface area contributed by atoms with Crippen LogP contribution in [0.3, 0.4) is 0 Å². The van der Waals surface area contributed by atoms with Gasteiger partial charge in [-0.2, -0.15) is 0 Å². The summed E-state index contributed by atoms with van der Waals surface area (Å²) in [4.78, 5) is 40.7. The van der Waals surface area contributed by atoms with Gasteiger partial charge < -0.3 is 9.88 Å². The average Bonchev–Trinajstić information content (AvgIpc) is 3.18. The number of imidazole rings is 1. The van der Waals surface area contributed by atoms with Gasteiger partial charge >= 0.3 is 0 Å². The first-order valence-electron chi connectivity index (χ1n) is 8.75. The van der Waals surface area contributed by atoms with E-state index in [4.69, 9.17) is 0 Å². The van der Waals surface area contributed by atoms with Crippen LogP contribution >= 0.6 is 0 Å². The van der Waals surface area contributed by atoms with Crippen LogP contribution < -0.4 is 10.6 Å². The zero-order chi connectivity index (χ0) is 19.1. The number of aromatic nitrogens is 2. The molecule has 0 aliphatic carbocycles. The maximum Gasteiger partial charge on any atom is 0.258 e. The number of imide groups is 1. The molecule has 2 heterocycles. The van der Waals surface area contributed by atoms with E-state index >= 15 is 0 Å². The van der Waals surface area contributed by atoms with Gasteiger partial charge in [0.2, 0.25) is 0 Å². The van der Waals surface area contributed by atoms with Crippen LogP contribution in [0, 0.1) is 0 Å². The lowest BCUT2D eigenvalue weighted by Gasteiger charge is -2.15. The van der Waals surface area contributed by atoms with Crippen molar-refractivity contribution in [3.63, 3.8) is 0 Å². The number of benzene rings is 2. The van der Waals surface area contributed by atoms with Gasteiger partial charge in [0.25, 0.3) is 17.7 Å². The number of rotatable bonds is 4. The summed E-state index contributed by atoms with van der Waals surface area (Å²) in [6, 6.07) is 12.0. The number of hydrogen-bond acceptors (Lipinski definition) is 4. The number of carbonyl (C=O) groups excluding carboxylic acids is 3. The lowest BCUT2D eigenvalue weighted by Crippen LogP contribution is -2.28. The van der Waals surface area contributed by atoms with Gasteiger partial charge in [-0.15, -0.1) is 0 Å². The van der Waals surface area contributed by atoms with Gasteiger partial charge in [-0.1, -0.05) is 12.1 Å². The molecule has 0 saturated carbocycles. The van der Waals surface area contributed by atoms with Gasteiger partial charge in [0.1, 0.15) is 5.82 Å². The molecule has 0 bridgehead atoms.